The maximum Gasteiger partial charge on any atom is 0.137 e. The van der Waals surface area contributed by atoms with Gasteiger partial charge >= 0.3 is 0 Å². The summed E-state index contributed by atoms with van der Waals surface area (Å²) in [5.74, 6) is 1.75. The van der Waals surface area contributed by atoms with E-state index in [-0.39, 0.29) is 5.82 Å². The van der Waals surface area contributed by atoms with E-state index >= 15 is 0 Å². The van der Waals surface area contributed by atoms with Crippen molar-refractivity contribution >= 4 is 17.4 Å². The van der Waals surface area contributed by atoms with Gasteiger partial charge in [0.1, 0.15) is 22.6 Å². The summed E-state index contributed by atoms with van der Waals surface area (Å²) in [5.41, 5.74) is 1.69. The number of aromatic nitrogens is 2. The Balaban J connectivity index is 1.79. The highest BCUT2D eigenvalue weighted by Crippen LogP contribution is 2.39. The van der Waals surface area contributed by atoms with Gasteiger partial charge in [-0.2, -0.15) is 0 Å². The van der Waals surface area contributed by atoms with Crippen molar-refractivity contribution in [1.29, 1.82) is 0 Å². The van der Waals surface area contributed by atoms with Crippen molar-refractivity contribution in [3.05, 3.63) is 52.2 Å². The first-order valence-corrected chi connectivity index (χ1v) is 7.03. The normalized spacial score (nSPS) is 14.3. The second-order valence-corrected chi connectivity index (χ2v) is 5.46. The highest BCUT2D eigenvalue weighted by molar-refractivity contribution is 6.30. The van der Waals surface area contributed by atoms with E-state index in [1.165, 1.54) is 12.1 Å². The second-order valence-electron chi connectivity index (χ2n) is 5.10. The van der Waals surface area contributed by atoms with Crippen LogP contribution in [0.1, 0.15) is 35.7 Å². The summed E-state index contributed by atoms with van der Waals surface area (Å²) in [4.78, 5) is 8.85. The Labute approximate surface area is 122 Å². The zero-order valence-electron chi connectivity index (χ0n) is 11.2. The van der Waals surface area contributed by atoms with E-state index in [1.807, 2.05) is 13.0 Å². The molecule has 0 aliphatic heterocycles. The maximum absolute atomic E-state index is 13.1. The predicted molar refractivity (Wildman–Crippen MR) is 77.5 cm³/mol. The SMILES string of the molecule is Cc1c(Cl)nc(C2CC2)nc1NCc1cccc(F)c1. The van der Waals surface area contributed by atoms with Gasteiger partial charge in [-0.15, -0.1) is 0 Å². The van der Waals surface area contributed by atoms with Crippen molar-refractivity contribution in [2.24, 2.45) is 0 Å². The van der Waals surface area contributed by atoms with Crippen molar-refractivity contribution in [3.8, 4) is 0 Å². The van der Waals surface area contributed by atoms with Crippen molar-refractivity contribution in [2.45, 2.75) is 32.2 Å². The Morgan fingerprint density at radius 1 is 1.35 bits per heavy atom. The van der Waals surface area contributed by atoms with Crippen LogP contribution in [-0.2, 0) is 6.54 Å². The van der Waals surface area contributed by atoms with Crippen LogP contribution in [0.2, 0.25) is 5.15 Å². The van der Waals surface area contributed by atoms with Crippen LogP contribution in [-0.4, -0.2) is 9.97 Å². The Kier molecular flexibility index (Phi) is 3.57. The lowest BCUT2D eigenvalue weighted by Crippen LogP contribution is -2.07. The molecule has 2 aromatic rings. The third-order valence-corrected chi connectivity index (χ3v) is 3.76. The standard InChI is InChI=1S/C15H15ClFN3/c1-9-13(16)19-15(11-5-6-11)20-14(9)18-8-10-3-2-4-12(17)7-10/h2-4,7,11H,5-6,8H2,1H3,(H,18,19,20). The van der Waals surface area contributed by atoms with Gasteiger partial charge in [-0.3, -0.25) is 0 Å². The summed E-state index contributed by atoms with van der Waals surface area (Å²) in [5, 5.41) is 3.71. The van der Waals surface area contributed by atoms with Crippen LogP contribution in [0.25, 0.3) is 0 Å². The molecule has 20 heavy (non-hydrogen) atoms. The molecule has 0 saturated heterocycles. The van der Waals surface area contributed by atoms with E-state index < -0.39 is 0 Å². The van der Waals surface area contributed by atoms with Gasteiger partial charge in [-0.05, 0) is 37.5 Å². The Morgan fingerprint density at radius 3 is 2.85 bits per heavy atom. The first kappa shape index (κ1) is 13.3. The van der Waals surface area contributed by atoms with Gasteiger partial charge < -0.3 is 5.32 Å². The van der Waals surface area contributed by atoms with Crippen molar-refractivity contribution in [3.63, 3.8) is 0 Å². The average Bonchev–Trinajstić information content (AvgIpc) is 3.25. The summed E-state index contributed by atoms with van der Waals surface area (Å²) in [7, 11) is 0. The second kappa shape index (κ2) is 5.37. The molecule has 0 radical (unpaired) electrons. The monoisotopic (exact) mass is 291 g/mol. The largest absolute Gasteiger partial charge is 0.366 e. The van der Waals surface area contributed by atoms with E-state index in [2.05, 4.69) is 15.3 Å². The van der Waals surface area contributed by atoms with Crippen molar-refractivity contribution in [2.75, 3.05) is 5.32 Å². The topological polar surface area (TPSA) is 37.8 Å². The molecule has 1 aromatic heterocycles. The van der Waals surface area contributed by atoms with Crippen LogP contribution in [0, 0.1) is 12.7 Å². The average molecular weight is 292 g/mol. The van der Waals surface area contributed by atoms with Crippen LogP contribution in [0.3, 0.4) is 0 Å². The minimum Gasteiger partial charge on any atom is -0.366 e. The molecular formula is C15H15ClFN3. The molecule has 3 nitrogen and oxygen atoms in total. The number of anilines is 1. The molecule has 0 spiro atoms. The summed E-state index contributed by atoms with van der Waals surface area (Å²) < 4.78 is 13.1. The summed E-state index contributed by atoms with van der Waals surface area (Å²) in [6.07, 6.45) is 2.26. The molecule has 1 aliphatic carbocycles. The van der Waals surface area contributed by atoms with Crippen LogP contribution >= 0.6 is 11.6 Å². The summed E-state index contributed by atoms with van der Waals surface area (Å²) >= 11 is 6.15. The van der Waals surface area contributed by atoms with E-state index in [0.717, 1.165) is 35.6 Å². The lowest BCUT2D eigenvalue weighted by Gasteiger charge is -2.11. The molecule has 104 valence electrons. The third-order valence-electron chi connectivity index (χ3n) is 3.40. The first-order valence-electron chi connectivity index (χ1n) is 6.66. The number of halogens is 2. The molecule has 1 aromatic carbocycles. The minimum atomic E-state index is -0.236. The number of hydrogen-bond donors (Lipinski definition) is 1. The highest BCUT2D eigenvalue weighted by atomic mass is 35.5. The molecule has 1 saturated carbocycles. The Bertz CT molecular complexity index is 641. The van der Waals surface area contributed by atoms with Gasteiger partial charge in [0.25, 0.3) is 0 Å². The minimum absolute atomic E-state index is 0.236. The predicted octanol–water partition coefficient (Wildman–Crippen LogP) is 4.07. The van der Waals surface area contributed by atoms with Gasteiger partial charge in [0, 0.05) is 18.0 Å². The van der Waals surface area contributed by atoms with Crippen LogP contribution < -0.4 is 5.32 Å². The van der Waals surface area contributed by atoms with Crippen molar-refractivity contribution in [1.82, 2.24) is 9.97 Å². The van der Waals surface area contributed by atoms with Gasteiger partial charge in [0.2, 0.25) is 0 Å². The summed E-state index contributed by atoms with van der Waals surface area (Å²) in [6.45, 7) is 2.39. The number of hydrogen-bond acceptors (Lipinski definition) is 3. The van der Waals surface area contributed by atoms with Crippen molar-refractivity contribution < 1.29 is 4.39 Å². The maximum atomic E-state index is 13.1. The number of nitrogens with one attached hydrogen (secondary N) is 1. The Morgan fingerprint density at radius 2 is 2.15 bits per heavy atom. The highest BCUT2D eigenvalue weighted by Gasteiger charge is 2.27. The smallest absolute Gasteiger partial charge is 0.137 e. The van der Waals surface area contributed by atoms with Gasteiger partial charge in [-0.1, -0.05) is 23.7 Å². The lowest BCUT2D eigenvalue weighted by molar-refractivity contribution is 0.626. The van der Waals surface area contributed by atoms with Gasteiger partial charge in [0.15, 0.2) is 0 Å². The van der Waals surface area contributed by atoms with Gasteiger partial charge in [0.05, 0.1) is 0 Å². The molecule has 1 fully saturated rings. The number of rotatable bonds is 4. The van der Waals surface area contributed by atoms with Gasteiger partial charge in [-0.25, -0.2) is 14.4 Å². The van der Waals surface area contributed by atoms with E-state index in [9.17, 15) is 4.39 Å². The van der Waals surface area contributed by atoms with Crippen LogP contribution in [0.4, 0.5) is 10.2 Å². The zero-order chi connectivity index (χ0) is 14.1. The molecule has 1 aliphatic rings. The molecule has 3 rings (SSSR count). The number of benzene rings is 1. The molecule has 5 heteroatoms. The summed E-state index contributed by atoms with van der Waals surface area (Å²) in [6, 6.07) is 6.51. The quantitative estimate of drug-likeness (QED) is 0.863. The van der Waals surface area contributed by atoms with Crippen LogP contribution in [0.5, 0.6) is 0 Å². The molecule has 0 atom stereocenters. The molecule has 0 bridgehead atoms. The Hall–Kier alpha value is -1.68. The number of nitrogens with zero attached hydrogens (tertiary/aromatic N) is 2. The fourth-order valence-corrected chi connectivity index (χ4v) is 2.21. The fraction of sp³-hybridized carbons (Fsp3) is 0.333. The van der Waals surface area contributed by atoms with E-state index in [4.69, 9.17) is 11.6 Å². The molecule has 1 heterocycles. The zero-order valence-corrected chi connectivity index (χ0v) is 11.9. The third kappa shape index (κ3) is 2.90. The molecule has 0 unspecified atom stereocenters. The fourth-order valence-electron chi connectivity index (χ4n) is 2.03. The molecular weight excluding hydrogens is 277 g/mol. The van der Waals surface area contributed by atoms with E-state index in [1.54, 1.807) is 6.07 Å². The van der Waals surface area contributed by atoms with Crippen LogP contribution in [0.15, 0.2) is 24.3 Å². The molecule has 1 N–H and O–H groups in total. The van der Waals surface area contributed by atoms with E-state index in [0.29, 0.717) is 17.6 Å². The first-order chi connectivity index (χ1) is 9.63. The molecule has 0 amide bonds. The lowest BCUT2D eigenvalue weighted by atomic mass is 10.2.